The molecule has 1 fully saturated rings. The van der Waals surface area contributed by atoms with E-state index in [9.17, 15) is 4.79 Å². The molecule has 0 radical (unpaired) electrons. The van der Waals surface area contributed by atoms with Gasteiger partial charge in [0.15, 0.2) is 0 Å². The number of benzene rings is 2. The van der Waals surface area contributed by atoms with Crippen LogP contribution in [-0.2, 0) is 11.2 Å². The number of nitrogens with zero attached hydrogens (tertiary/aromatic N) is 2. The van der Waals surface area contributed by atoms with Crippen LogP contribution in [0.5, 0.6) is 0 Å². The molecule has 4 nitrogen and oxygen atoms in total. The van der Waals surface area contributed by atoms with Crippen LogP contribution in [0, 0.1) is 0 Å². The minimum absolute atomic E-state index is 0.158. The van der Waals surface area contributed by atoms with Crippen molar-refractivity contribution in [3.8, 4) is 0 Å². The largest absolute Gasteiger partial charge is 0.398 e. The molecule has 1 amide bonds. The lowest BCUT2D eigenvalue weighted by atomic mass is 10.1. The summed E-state index contributed by atoms with van der Waals surface area (Å²) < 4.78 is 0. The van der Waals surface area contributed by atoms with E-state index in [1.807, 2.05) is 47.4 Å². The number of carbonyl (C=O) groups excluding carboxylic acids is 1. The molecule has 1 aliphatic rings. The highest BCUT2D eigenvalue weighted by molar-refractivity contribution is 5.80. The lowest BCUT2D eigenvalue weighted by Crippen LogP contribution is -2.49. The highest BCUT2D eigenvalue weighted by Gasteiger charge is 2.21. The molecule has 1 saturated heterocycles. The van der Waals surface area contributed by atoms with Crippen LogP contribution in [0.1, 0.15) is 5.56 Å². The Balaban J connectivity index is 1.57. The Morgan fingerprint density at radius 3 is 2.23 bits per heavy atom. The number of carbonyl (C=O) groups is 1. The first-order chi connectivity index (χ1) is 10.7. The molecule has 114 valence electrons. The minimum Gasteiger partial charge on any atom is -0.398 e. The molecule has 2 aromatic rings. The molecule has 0 bridgehead atoms. The molecule has 1 aliphatic heterocycles. The minimum atomic E-state index is 0.158. The molecule has 0 atom stereocenters. The summed E-state index contributed by atoms with van der Waals surface area (Å²) in [7, 11) is 0. The molecular formula is C18H21N3O. The Bertz CT molecular complexity index is 634. The van der Waals surface area contributed by atoms with E-state index in [0.717, 1.165) is 31.7 Å². The van der Waals surface area contributed by atoms with E-state index in [2.05, 4.69) is 17.0 Å². The summed E-state index contributed by atoms with van der Waals surface area (Å²) in [5.74, 6) is 0.158. The maximum Gasteiger partial charge on any atom is 0.227 e. The summed E-state index contributed by atoms with van der Waals surface area (Å²) in [6.07, 6.45) is 0.387. The second-order valence-corrected chi connectivity index (χ2v) is 5.58. The van der Waals surface area contributed by atoms with E-state index >= 15 is 0 Å². The number of anilines is 2. The average Bonchev–Trinajstić information content (AvgIpc) is 2.58. The van der Waals surface area contributed by atoms with Gasteiger partial charge in [-0.1, -0.05) is 36.4 Å². The Morgan fingerprint density at radius 2 is 1.55 bits per heavy atom. The Labute approximate surface area is 131 Å². The molecule has 0 spiro atoms. The maximum absolute atomic E-state index is 12.4. The Morgan fingerprint density at radius 1 is 0.909 bits per heavy atom. The maximum atomic E-state index is 12.4. The molecule has 2 aromatic carbocycles. The summed E-state index contributed by atoms with van der Waals surface area (Å²) in [6, 6.07) is 17.9. The molecule has 0 unspecified atom stereocenters. The molecule has 1 heterocycles. The summed E-state index contributed by atoms with van der Waals surface area (Å²) in [6.45, 7) is 3.28. The summed E-state index contributed by atoms with van der Waals surface area (Å²) in [4.78, 5) is 16.7. The van der Waals surface area contributed by atoms with E-state index in [1.54, 1.807) is 0 Å². The second kappa shape index (κ2) is 6.52. The van der Waals surface area contributed by atoms with Crippen LogP contribution < -0.4 is 10.6 Å². The normalized spacial score (nSPS) is 14.9. The van der Waals surface area contributed by atoms with E-state index in [0.29, 0.717) is 12.1 Å². The van der Waals surface area contributed by atoms with Gasteiger partial charge in [0, 0.05) is 37.6 Å². The zero-order valence-electron chi connectivity index (χ0n) is 12.6. The van der Waals surface area contributed by atoms with Crippen molar-refractivity contribution in [2.45, 2.75) is 6.42 Å². The first kappa shape index (κ1) is 14.4. The van der Waals surface area contributed by atoms with Crippen molar-refractivity contribution in [3.63, 3.8) is 0 Å². The van der Waals surface area contributed by atoms with Gasteiger partial charge in [-0.3, -0.25) is 4.79 Å². The van der Waals surface area contributed by atoms with E-state index in [4.69, 9.17) is 5.73 Å². The van der Waals surface area contributed by atoms with Gasteiger partial charge in [-0.05, 0) is 23.8 Å². The molecule has 3 rings (SSSR count). The fourth-order valence-electron chi connectivity index (χ4n) is 2.82. The summed E-state index contributed by atoms with van der Waals surface area (Å²) in [5.41, 5.74) is 8.75. The molecule has 0 aliphatic carbocycles. The van der Waals surface area contributed by atoms with Crippen molar-refractivity contribution < 1.29 is 4.79 Å². The quantitative estimate of drug-likeness (QED) is 0.883. The third kappa shape index (κ3) is 3.22. The first-order valence-electron chi connectivity index (χ1n) is 7.65. The fourth-order valence-corrected chi connectivity index (χ4v) is 2.82. The van der Waals surface area contributed by atoms with Crippen molar-refractivity contribution >= 4 is 17.3 Å². The fraction of sp³-hybridized carbons (Fsp3) is 0.278. The van der Waals surface area contributed by atoms with Crippen molar-refractivity contribution in [3.05, 3.63) is 60.2 Å². The van der Waals surface area contributed by atoms with Gasteiger partial charge in [0.05, 0.1) is 6.42 Å². The van der Waals surface area contributed by atoms with Gasteiger partial charge in [-0.2, -0.15) is 0 Å². The van der Waals surface area contributed by atoms with E-state index < -0.39 is 0 Å². The molecular weight excluding hydrogens is 274 g/mol. The summed E-state index contributed by atoms with van der Waals surface area (Å²) >= 11 is 0. The van der Waals surface area contributed by atoms with Gasteiger partial charge in [0.2, 0.25) is 5.91 Å². The third-order valence-electron chi connectivity index (χ3n) is 4.15. The summed E-state index contributed by atoms with van der Waals surface area (Å²) in [5, 5.41) is 0. The standard InChI is InChI=1S/C18H21N3O/c19-17-9-5-4-6-15(17)14-18(22)21-12-10-20(11-13-21)16-7-2-1-3-8-16/h1-9H,10-14,19H2. The van der Waals surface area contributed by atoms with Gasteiger partial charge >= 0.3 is 0 Å². The zero-order chi connectivity index (χ0) is 15.4. The number of para-hydroxylation sites is 2. The van der Waals surface area contributed by atoms with Crippen LogP contribution in [0.15, 0.2) is 54.6 Å². The van der Waals surface area contributed by atoms with Gasteiger partial charge in [0.25, 0.3) is 0 Å². The number of nitrogens with two attached hydrogens (primary N) is 1. The van der Waals surface area contributed by atoms with Crippen LogP contribution in [0.3, 0.4) is 0 Å². The van der Waals surface area contributed by atoms with Gasteiger partial charge < -0.3 is 15.5 Å². The van der Waals surface area contributed by atoms with Gasteiger partial charge in [-0.15, -0.1) is 0 Å². The Hall–Kier alpha value is -2.49. The number of hydrogen-bond acceptors (Lipinski definition) is 3. The third-order valence-corrected chi connectivity index (χ3v) is 4.15. The van der Waals surface area contributed by atoms with Crippen molar-refractivity contribution in [2.75, 3.05) is 36.8 Å². The number of hydrogen-bond donors (Lipinski definition) is 1. The number of amides is 1. The molecule has 0 saturated carbocycles. The van der Waals surface area contributed by atoms with Crippen LogP contribution in [0.25, 0.3) is 0 Å². The first-order valence-corrected chi connectivity index (χ1v) is 7.65. The van der Waals surface area contributed by atoms with Crippen molar-refractivity contribution in [2.24, 2.45) is 0 Å². The molecule has 4 heteroatoms. The lowest BCUT2D eigenvalue weighted by Gasteiger charge is -2.36. The predicted molar refractivity (Wildman–Crippen MR) is 89.8 cm³/mol. The van der Waals surface area contributed by atoms with Crippen LogP contribution in [-0.4, -0.2) is 37.0 Å². The van der Waals surface area contributed by atoms with Crippen LogP contribution >= 0.6 is 0 Å². The predicted octanol–water partition coefficient (Wildman–Crippen LogP) is 2.16. The highest BCUT2D eigenvalue weighted by atomic mass is 16.2. The topological polar surface area (TPSA) is 49.6 Å². The van der Waals surface area contributed by atoms with E-state index in [-0.39, 0.29) is 5.91 Å². The van der Waals surface area contributed by atoms with Crippen molar-refractivity contribution in [1.82, 2.24) is 4.90 Å². The Kier molecular flexibility index (Phi) is 4.28. The molecule has 2 N–H and O–H groups in total. The highest BCUT2D eigenvalue weighted by Crippen LogP contribution is 2.17. The SMILES string of the molecule is Nc1ccccc1CC(=O)N1CCN(c2ccccc2)CC1. The second-order valence-electron chi connectivity index (χ2n) is 5.58. The zero-order valence-corrected chi connectivity index (χ0v) is 12.6. The van der Waals surface area contributed by atoms with Crippen LogP contribution in [0.4, 0.5) is 11.4 Å². The van der Waals surface area contributed by atoms with Gasteiger partial charge in [-0.25, -0.2) is 0 Å². The number of nitrogen functional groups attached to an aromatic ring is 1. The number of rotatable bonds is 3. The molecule has 22 heavy (non-hydrogen) atoms. The van der Waals surface area contributed by atoms with Crippen molar-refractivity contribution in [1.29, 1.82) is 0 Å². The number of piperazine rings is 1. The molecule has 0 aromatic heterocycles. The van der Waals surface area contributed by atoms with Crippen LogP contribution in [0.2, 0.25) is 0 Å². The lowest BCUT2D eigenvalue weighted by molar-refractivity contribution is -0.130. The average molecular weight is 295 g/mol. The van der Waals surface area contributed by atoms with E-state index in [1.165, 1.54) is 5.69 Å². The smallest absolute Gasteiger partial charge is 0.227 e. The monoisotopic (exact) mass is 295 g/mol. The van der Waals surface area contributed by atoms with Gasteiger partial charge in [0.1, 0.15) is 0 Å².